The number of hydrogen-bond acceptors (Lipinski definition) is 3. The minimum atomic E-state index is -0.346. The van der Waals surface area contributed by atoms with Crippen LogP contribution < -0.4 is 16.4 Å². The van der Waals surface area contributed by atoms with E-state index >= 15 is 0 Å². The van der Waals surface area contributed by atoms with Gasteiger partial charge >= 0.3 is 6.03 Å². The maximum atomic E-state index is 11.7. The van der Waals surface area contributed by atoms with Gasteiger partial charge in [0.05, 0.1) is 5.92 Å². The van der Waals surface area contributed by atoms with Gasteiger partial charge in [-0.15, -0.1) is 0 Å². The molecule has 6 nitrogen and oxygen atoms in total. The highest BCUT2D eigenvalue weighted by atomic mass is 16.2. The monoisotopic (exact) mass is 248 g/mol. The Labute approximate surface area is 105 Å². The van der Waals surface area contributed by atoms with Gasteiger partial charge in [-0.25, -0.2) is 4.79 Å². The number of hydrogen-bond donors (Lipinski definition) is 3. The molecule has 0 aliphatic heterocycles. The summed E-state index contributed by atoms with van der Waals surface area (Å²) in [5, 5.41) is 5.47. The Hall–Kier alpha value is -2.11. The van der Waals surface area contributed by atoms with Crippen molar-refractivity contribution >= 4 is 17.6 Å². The number of anilines is 1. The van der Waals surface area contributed by atoms with Crippen molar-refractivity contribution < 1.29 is 9.59 Å². The number of nitrogens with two attached hydrogens (primary N) is 1. The van der Waals surface area contributed by atoms with E-state index in [1.54, 1.807) is 24.5 Å². The highest BCUT2D eigenvalue weighted by Gasteiger charge is 2.32. The second-order valence-corrected chi connectivity index (χ2v) is 4.38. The van der Waals surface area contributed by atoms with Crippen LogP contribution in [-0.4, -0.2) is 23.0 Å². The van der Waals surface area contributed by atoms with Gasteiger partial charge in [-0.05, 0) is 25.0 Å². The number of rotatable bonds is 3. The molecule has 1 saturated carbocycles. The van der Waals surface area contributed by atoms with Crippen LogP contribution in [0.2, 0.25) is 0 Å². The smallest absolute Gasteiger partial charge is 0.319 e. The summed E-state index contributed by atoms with van der Waals surface area (Å²) in [6.45, 7) is 0. The van der Waals surface area contributed by atoms with Gasteiger partial charge in [0.25, 0.3) is 0 Å². The molecule has 1 aromatic heterocycles. The quantitative estimate of drug-likeness (QED) is 0.740. The van der Waals surface area contributed by atoms with Crippen LogP contribution in [0.1, 0.15) is 19.3 Å². The average Bonchev–Trinajstić information content (AvgIpc) is 2.78. The molecule has 0 radical (unpaired) electrons. The van der Waals surface area contributed by atoms with Gasteiger partial charge in [0.1, 0.15) is 0 Å². The number of carbonyl (C=O) groups excluding carboxylic acids is 2. The molecule has 0 aromatic carbocycles. The lowest BCUT2D eigenvalue weighted by Gasteiger charge is -2.18. The zero-order chi connectivity index (χ0) is 13.0. The highest BCUT2D eigenvalue weighted by molar-refractivity contribution is 5.90. The molecule has 3 amide bonds. The molecule has 4 N–H and O–H groups in total. The summed E-state index contributed by atoms with van der Waals surface area (Å²) >= 11 is 0. The topological polar surface area (TPSA) is 97.1 Å². The molecule has 6 heteroatoms. The van der Waals surface area contributed by atoms with Crippen LogP contribution in [0.25, 0.3) is 0 Å². The van der Waals surface area contributed by atoms with E-state index in [-0.39, 0.29) is 23.9 Å². The molecule has 1 aromatic rings. The molecule has 2 rings (SSSR count). The van der Waals surface area contributed by atoms with Crippen LogP contribution in [-0.2, 0) is 4.79 Å². The third-order valence-electron chi connectivity index (χ3n) is 3.14. The second-order valence-electron chi connectivity index (χ2n) is 4.38. The molecule has 0 bridgehead atoms. The Balaban J connectivity index is 1.90. The van der Waals surface area contributed by atoms with Gasteiger partial charge in [0.2, 0.25) is 5.91 Å². The minimum Gasteiger partial charge on any atom is -0.369 e. The van der Waals surface area contributed by atoms with Crippen LogP contribution in [0.15, 0.2) is 24.5 Å². The van der Waals surface area contributed by atoms with Gasteiger partial charge in [0, 0.05) is 24.1 Å². The number of pyridine rings is 1. The fourth-order valence-electron chi connectivity index (χ4n) is 2.24. The van der Waals surface area contributed by atoms with Crippen molar-refractivity contribution in [1.29, 1.82) is 0 Å². The molecular weight excluding hydrogens is 232 g/mol. The number of aromatic nitrogens is 1. The third-order valence-corrected chi connectivity index (χ3v) is 3.14. The Bertz CT molecular complexity index is 435. The first-order valence-electron chi connectivity index (χ1n) is 5.93. The van der Waals surface area contributed by atoms with Crippen LogP contribution in [0.4, 0.5) is 10.5 Å². The first kappa shape index (κ1) is 12.3. The normalized spacial score (nSPS) is 22.4. The van der Waals surface area contributed by atoms with Crippen molar-refractivity contribution in [2.75, 3.05) is 5.32 Å². The van der Waals surface area contributed by atoms with Crippen molar-refractivity contribution in [3.05, 3.63) is 24.5 Å². The lowest BCUT2D eigenvalue weighted by atomic mass is 10.0. The maximum Gasteiger partial charge on any atom is 0.319 e. The predicted molar refractivity (Wildman–Crippen MR) is 66.7 cm³/mol. The summed E-state index contributed by atoms with van der Waals surface area (Å²) in [7, 11) is 0. The molecule has 96 valence electrons. The summed E-state index contributed by atoms with van der Waals surface area (Å²) in [5.41, 5.74) is 5.96. The Morgan fingerprint density at radius 3 is 2.67 bits per heavy atom. The zero-order valence-corrected chi connectivity index (χ0v) is 9.93. The molecular formula is C12H16N4O2. The Kier molecular flexibility index (Phi) is 3.76. The van der Waals surface area contributed by atoms with E-state index in [4.69, 9.17) is 5.73 Å². The SMILES string of the molecule is NC(=O)[C@@H]1CCC[C@H]1NC(=O)Nc1ccncc1. The van der Waals surface area contributed by atoms with E-state index in [1.807, 2.05) is 0 Å². The number of carbonyl (C=O) groups is 2. The Morgan fingerprint density at radius 1 is 1.28 bits per heavy atom. The number of nitrogens with one attached hydrogen (secondary N) is 2. The third kappa shape index (κ3) is 2.97. The fraction of sp³-hybridized carbons (Fsp3) is 0.417. The summed E-state index contributed by atoms with van der Waals surface area (Å²) in [6, 6.07) is 2.91. The van der Waals surface area contributed by atoms with E-state index in [0.29, 0.717) is 5.69 Å². The van der Waals surface area contributed by atoms with Crippen LogP contribution in [0, 0.1) is 5.92 Å². The molecule has 1 heterocycles. The zero-order valence-electron chi connectivity index (χ0n) is 9.93. The first-order chi connectivity index (χ1) is 8.66. The highest BCUT2D eigenvalue weighted by Crippen LogP contribution is 2.25. The molecule has 2 atom stereocenters. The minimum absolute atomic E-state index is 0.163. The summed E-state index contributed by atoms with van der Waals surface area (Å²) in [4.78, 5) is 26.8. The van der Waals surface area contributed by atoms with E-state index in [2.05, 4.69) is 15.6 Å². The van der Waals surface area contributed by atoms with E-state index in [0.717, 1.165) is 19.3 Å². The van der Waals surface area contributed by atoms with Gasteiger partial charge in [-0.3, -0.25) is 9.78 Å². The molecule has 1 aliphatic rings. The summed E-state index contributed by atoms with van der Waals surface area (Å²) in [6.07, 6.45) is 5.63. The molecule has 0 unspecified atom stereocenters. The number of nitrogens with zero attached hydrogens (tertiary/aromatic N) is 1. The largest absolute Gasteiger partial charge is 0.369 e. The van der Waals surface area contributed by atoms with Crippen molar-refractivity contribution in [3.63, 3.8) is 0 Å². The first-order valence-corrected chi connectivity index (χ1v) is 5.93. The average molecular weight is 248 g/mol. The van der Waals surface area contributed by atoms with E-state index in [1.165, 1.54) is 0 Å². The molecule has 0 saturated heterocycles. The second kappa shape index (κ2) is 5.48. The molecule has 0 spiro atoms. The number of primary amides is 1. The molecule has 1 aliphatic carbocycles. The van der Waals surface area contributed by atoms with Crippen molar-refractivity contribution in [2.45, 2.75) is 25.3 Å². The van der Waals surface area contributed by atoms with Gasteiger partial charge in [-0.1, -0.05) is 6.42 Å². The van der Waals surface area contributed by atoms with Crippen molar-refractivity contribution in [2.24, 2.45) is 11.7 Å². The van der Waals surface area contributed by atoms with Crippen molar-refractivity contribution in [3.8, 4) is 0 Å². The fourth-order valence-corrected chi connectivity index (χ4v) is 2.24. The lowest BCUT2D eigenvalue weighted by molar-refractivity contribution is -0.122. The van der Waals surface area contributed by atoms with Gasteiger partial charge in [-0.2, -0.15) is 0 Å². The lowest BCUT2D eigenvalue weighted by Crippen LogP contribution is -2.44. The Morgan fingerprint density at radius 2 is 2.00 bits per heavy atom. The van der Waals surface area contributed by atoms with Crippen molar-refractivity contribution in [1.82, 2.24) is 10.3 Å². The van der Waals surface area contributed by atoms with E-state index in [9.17, 15) is 9.59 Å². The maximum absolute atomic E-state index is 11.7. The predicted octanol–water partition coefficient (Wildman–Crippen LogP) is 0.857. The molecule has 1 fully saturated rings. The van der Waals surface area contributed by atoms with Crippen LogP contribution in [0.3, 0.4) is 0 Å². The number of amides is 3. The van der Waals surface area contributed by atoms with Gasteiger partial charge in [0.15, 0.2) is 0 Å². The van der Waals surface area contributed by atoms with Crippen LogP contribution >= 0.6 is 0 Å². The van der Waals surface area contributed by atoms with Gasteiger partial charge < -0.3 is 16.4 Å². The molecule has 18 heavy (non-hydrogen) atoms. The standard InChI is InChI=1S/C12H16N4O2/c13-11(17)9-2-1-3-10(9)16-12(18)15-8-4-6-14-7-5-8/h4-7,9-10H,1-3H2,(H2,13,17)(H2,14,15,16,18)/t9-,10-/m1/s1. The summed E-state index contributed by atoms with van der Waals surface area (Å²) < 4.78 is 0. The van der Waals surface area contributed by atoms with Crippen LogP contribution in [0.5, 0.6) is 0 Å². The summed E-state index contributed by atoms with van der Waals surface area (Å²) in [5.74, 6) is -0.602. The van der Waals surface area contributed by atoms with E-state index < -0.39 is 0 Å². The number of urea groups is 1.